The summed E-state index contributed by atoms with van der Waals surface area (Å²) in [7, 11) is 3.25. The zero-order valence-corrected chi connectivity index (χ0v) is 9.62. The lowest BCUT2D eigenvalue weighted by atomic mass is 9.65. The number of nitrogens with zero attached hydrogens (tertiary/aromatic N) is 1. The van der Waals surface area contributed by atoms with Gasteiger partial charge in [-0.15, -0.1) is 0 Å². The van der Waals surface area contributed by atoms with E-state index in [1.54, 1.807) is 14.2 Å². The van der Waals surface area contributed by atoms with Gasteiger partial charge in [0.25, 0.3) is 0 Å². The van der Waals surface area contributed by atoms with Crippen molar-refractivity contribution in [2.75, 3.05) is 14.2 Å². The van der Waals surface area contributed by atoms with E-state index in [0.29, 0.717) is 0 Å². The molecule has 2 rings (SSSR count). The Labute approximate surface area is 95.6 Å². The number of rotatable bonds is 3. The number of methoxy groups -OCH3 is 2. The predicted octanol–water partition coefficient (Wildman–Crippen LogP) is 2.65. The van der Waals surface area contributed by atoms with Gasteiger partial charge in [0.2, 0.25) is 0 Å². The molecule has 1 aromatic carbocycles. The summed E-state index contributed by atoms with van der Waals surface area (Å²) in [5, 5.41) is 9.37. The van der Waals surface area contributed by atoms with E-state index in [9.17, 15) is 5.26 Å². The van der Waals surface area contributed by atoms with E-state index >= 15 is 0 Å². The fourth-order valence-corrected chi connectivity index (χ4v) is 2.27. The van der Waals surface area contributed by atoms with Gasteiger partial charge in [-0.05, 0) is 31.4 Å². The molecule has 0 N–H and O–H groups in total. The molecule has 0 unspecified atom stereocenters. The normalized spacial score (nSPS) is 17.1. The monoisotopic (exact) mass is 217 g/mol. The molecule has 84 valence electrons. The summed E-state index contributed by atoms with van der Waals surface area (Å²) in [6, 6.07) is 8.07. The maximum absolute atomic E-state index is 9.37. The third kappa shape index (κ3) is 1.42. The minimum Gasteiger partial charge on any atom is -0.496 e. The molecule has 1 fully saturated rings. The zero-order valence-electron chi connectivity index (χ0n) is 9.62. The van der Waals surface area contributed by atoms with E-state index < -0.39 is 5.41 Å². The van der Waals surface area contributed by atoms with Crippen LogP contribution in [-0.4, -0.2) is 14.2 Å². The van der Waals surface area contributed by atoms with Crippen LogP contribution in [0.25, 0.3) is 0 Å². The first-order valence-corrected chi connectivity index (χ1v) is 5.40. The summed E-state index contributed by atoms with van der Waals surface area (Å²) < 4.78 is 10.7. The Kier molecular flexibility index (Phi) is 2.74. The maximum Gasteiger partial charge on any atom is 0.127 e. The average molecular weight is 217 g/mol. The van der Waals surface area contributed by atoms with Gasteiger partial charge in [0, 0.05) is 0 Å². The second-order valence-corrected chi connectivity index (χ2v) is 4.08. The summed E-state index contributed by atoms with van der Waals surface area (Å²) >= 11 is 0. The molecule has 0 aliphatic heterocycles. The van der Waals surface area contributed by atoms with Crippen molar-refractivity contribution in [3.8, 4) is 17.6 Å². The van der Waals surface area contributed by atoms with Crippen LogP contribution < -0.4 is 9.47 Å². The summed E-state index contributed by atoms with van der Waals surface area (Å²) in [5.41, 5.74) is 0.506. The molecular formula is C13H15NO2. The van der Waals surface area contributed by atoms with Gasteiger partial charge in [-0.3, -0.25) is 0 Å². The largest absolute Gasteiger partial charge is 0.496 e. The maximum atomic E-state index is 9.37. The van der Waals surface area contributed by atoms with Crippen LogP contribution in [0.15, 0.2) is 18.2 Å². The van der Waals surface area contributed by atoms with E-state index in [-0.39, 0.29) is 0 Å². The molecule has 0 saturated heterocycles. The lowest BCUT2D eigenvalue weighted by Gasteiger charge is -2.37. The minimum atomic E-state index is -0.405. The Balaban J connectivity index is 2.57. The molecule has 0 aromatic heterocycles. The molecule has 3 heteroatoms. The van der Waals surface area contributed by atoms with Gasteiger partial charge in [-0.25, -0.2) is 0 Å². The predicted molar refractivity (Wildman–Crippen MR) is 60.7 cm³/mol. The van der Waals surface area contributed by atoms with E-state index in [0.717, 1.165) is 36.3 Å². The van der Waals surface area contributed by atoms with Crippen molar-refractivity contribution >= 4 is 0 Å². The first kappa shape index (κ1) is 10.8. The molecule has 0 bridgehead atoms. The SMILES string of the molecule is COc1cccc(OC)c1C1(C#N)CCC1. The average Bonchev–Trinajstić information content (AvgIpc) is 2.28. The third-order valence-corrected chi connectivity index (χ3v) is 3.33. The van der Waals surface area contributed by atoms with E-state index in [1.807, 2.05) is 18.2 Å². The molecule has 16 heavy (non-hydrogen) atoms. The molecule has 1 aliphatic carbocycles. The van der Waals surface area contributed by atoms with Crippen LogP contribution in [0, 0.1) is 11.3 Å². The van der Waals surface area contributed by atoms with Gasteiger partial charge in [0.15, 0.2) is 0 Å². The van der Waals surface area contributed by atoms with E-state index in [1.165, 1.54) is 0 Å². The van der Waals surface area contributed by atoms with Crippen molar-refractivity contribution < 1.29 is 9.47 Å². The number of benzene rings is 1. The first-order valence-electron chi connectivity index (χ1n) is 5.40. The molecule has 0 spiro atoms. The van der Waals surface area contributed by atoms with Crippen molar-refractivity contribution in [2.45, 2.75) is 24.7 Å². The Morgan fingerprint density at radius 1 is 1.19 bits per heavy atom. The highest BCUT2D eigenvalue weighted by Gasteiger charge is 2.43. The molecule has 3 nitrogen and oxygen atoms in total. The van der Waals surface area contributed by atoms with Crippen LogP contribution in [0.2, 0.25) is 0 Å². The van der Waals surface area contributed by atoms with Crippen LogP contribution in [-0.2, 0) is 5.41 Å². The van der Waals surface area contributed by atoms with Gasteiger partial charge in [0.1, 0.15) is 11.5 Å². The standard InChI is InChI=1S/C13H15NO2/c1-15-10-5-3-6-11(16-2)12(10)13(9-14)7-4-8-13/h3,5-6H,4,7-8H2,1-2H3. The van der Waals surface area contributed by atoms with Gasteiger partial charge >= 0.3 is 0 Å². The molecule has 1 saturated carbocycles. The highest BCUT2D eigenvalue weighted by atomic mass is 16.5. The lowest BCUT2D eigenvalue weighted by Crippen LogP contribution is -2.33. The van der Waals surface area contributed by atoms with Crippen LogP contribution in [0.4, 0.5) is 0 Å². The molecule has 1 aliphatic rings. The number of hydrogen-bond donors (Lipinski definition) is 0. The smallest absolute Gasteiger partial charge is 0.127 e. The molecule has 0 amide bonds. The van der Waals surface area contributed by atoms with E-state index in [2.05, 4.69) is 6.07 Å². The second-order valence-electron chi connectivity index (χ2n) is 4.08. The molecular weight excluding hydrogens is 202 g/mol. The first-order chi connectivity index (χ1) is 7.77. The fourth-order valence-electron chi connectivity index (χ4n) is 2.27. The van der Waals surface area contributed by atoms with Crippen molar-refractivity contribution in [1.82, 2.24) is 0 Å². The molecule has 1 aromatic rings. The van der Waals surface area contributed by atoms with Crippen molar-refractivity contribution in [2.24, 2.45) is 0 Å². The highest BCUT2D eigenvalue weighted by Crippen LogP contribution is 2.50. The highest BCUT2D eigenvalue weighted by molar-refractivity contribution is 5.54. The quantitative estimate of drug-likeness (QED) is 0.781. The van der Waals surface area contributed by atoms with Crippen molar-refractivity contribution in [1.29, 1.82) is 5.26 Å². The summed E-state index contributed by atoms with van der Waals surface area (Å²) in [6.45, 7) is 0. The number of hydrogen-bond acceptors (Lipinski definition) is 3. The molecule has 0 radical (unpaired) electrons. The van der Waals surface area contributed by atoms with Crippen LogP contribution in [0.3, 0.4) is 0 Å². The fraction of sp³-hybridized carbons (Fsp3) is 0.462. The molecule has 0 heterocycles. The Morgan fingerprint density at radius 2 is 1.75 bits per heavy atom. The van der Waals surface area contributed by atoms with Crippen LogP contribution in [0.1, 0.15) is 24.8 Å². The van der Waals surface area contributed by atoms with Crippen LogP contribution >= 0.6 is 0 Å². The van der Waals surface area contributed by atoms with E-state index in [4.69, 9.17) is 9.47 Å². The molecule has 0 atom stereocenters. The Hall–Kier alpha value is -1.69. The summed E-state index contributed by atoms with van der Waals surface area (Å²) in [4.78, 5) is 0. The van der Waals surface area contributed by atoms with Gasteiger partial charge < -0.3 is 9.47 Å². The minimum absolute atomic E-state index is 0.405. The van der Waals surface area contributed by atoms with Crippen molar-refractivity contribution in [3.63, 3.8) is 0 Å². The number of ether oxygens (including phenoxy) is 2. The van der Waals surface area contributed by atoms with Gasteiger partial charge in [-0.1, -0.05) is 6.07 Å². The zero-order chi connectivity index (χ0) is 11.6. The Bertz CT molecular complexity index is 408. The van der Waals surface area contributed by atoms with Gasteiger partial charge in [-0.2, -0.15) is 5.26 Å². The van der Waals surface area contributed by atoms with Crippen molar-refractivity contribution in [3.05, 3.63) is 23.8 Å². The Morgan fingerprint density at radius 3 is 2.06 bits per heavy atom. The van der Waals surface area contributed by atoms with Gasteiger partial charge in [0.05, 0.1) is 31.3 Å². The summed E-state index contributed by atoms with van der Waals surface area (Å²) in [5.74, 6) is 1.50. The number of nitriles is 1. The van der Waals surface area contributed by atoms with Crippen LogP contribution in [0.5, 0.6) is 11.5 Å². The summed E-state index contributed by atoms with van der Waals surface area (Å²) in [6.07, 6.45) is 2.87. The lowest BCUT2D eigenvalue weighted by molar-refractivity contribution is 0.291. The third-order valence-electron chi connectivity index (χ3n) is 3.33. The second kappa shape index (κ2) is 4.05. The topological polar surface area (TPSA) is 42.2 Å².